The molecule has 3 atom stereocenters. The zero-order valence-electron chi connectivity index (χ0n) is 17.0. The number of aryl methyl sites for hydroxylation is 1. The quantitative estimate of drug-likeness (QED) is 0.424. The van der Waals surface area contributed by atoms with Crippen LogP contribution >= 0.6 is 0 Å². The first-order chi connectivity index (χ1) is 13.3. The standard InChI is InChI=1S/C10H14N2O5.C8H17N3/c1-5-3-12(10(16)11-9(5)15)8-2-6(14)7(4-13)17-8;1-4-9-8-10-6-5-7-11(2)3/h3,6-8,13-14H,2,4H2,1H3,(H,11,15,16);4-7H2,1-3H3/t6-,7+,8+;/m0./s1. The van der Waals surface area contributed by atoms with Crippen LogP contribution in [-0.2, 0) is 4.74 Å². The van der Waals surface area contributed by atoms with Gasteiger partial charge in [-0.05, 0) is 40.9 Å². The van der Waals surface area contributed by atoms with Crippen molar-refractivity contribution in [1.29, 1.82) is 0 Å². The van der Waals surface area contributed by atoms with Crippen LogP contribution < -0.4 is 11.2 Å². The molecule has 2 heterocycles. The second kappa shape index (κ2) is 12.4. The summed E-state index contributed by atoms with van der Waals surface area (Å²) in [4.78, 5) is 34.9. The molecule has 1 aromatic rings. The molecule has 0 amide bonds. The molecule has 2 rings (SSSR count). The van der Waals surface area contributed by atoms with Gasteiger partial charge in [0.25, 0.3) is 5.56 Å². The molecule has 158 valence electrons. The third-order valence-electron chi connectivity index (χ3n) is 4.02. The first kappa shape index (κ1) is 23.9. The zero-order chi connectivity index (χ0) is 21.1. The van der Waals surface area contributed by atoms with E-state index < -0.39 is 29.7 Å². The lowest BCUT2D eigenvalue weighted by Gasteiger charge is -2.14. The molecule has 1 saturated heterocycles. The average Bonchev–Trinajstić information content (AvgIpc) is 3.02. The monoisotopic (exact) mass is 397 g/mol. The van der Waals surface area contributed by atoms with Crippen LogP contribution in [0.15, 0.2) is 25.8 Å². The fraction of sp³-hybridized carbons (Fsp3) is 0.722. The van der Waals surface area contributed by atoms with E-state index in [1.807, 2.05) is 6.92 Å². The Bertz CT molecular complexity index is 766. The molecular formula is C18H31N5O5. The lowest BCUT2D eigenvalue weighted by Crippen LogP contribution is -2.33. The number of nitrogens with one attached hydrogen (secondary N) is 1. The summed E-state index contributed by atoms with van der Waals surface area (Å²) in [5.41, 5.74) is -0.643. The van der Waals surface area contributed by atoms with E-state index in [0.29, 0.717) is 5.56 Å². The van der Waals surface area contributed by atoms with Gasteiger partial charge >= 0.3 is 5.69 Å². The topological polar surface area (TPSA) is 133 Å². The highest BCUT2D eigenvalue weighted by Gasteiger charge is 2.34. The zero-order valence-corrected chi connectivity index (χ0v) is 17.0. The minimum absolute atomic E-state index is 0.205. The van der Waals surface area contributed by atoms with Crippen molar-refractivity contribution in [3.05, 3.63) is 32.6 Å². The van der Waals surface area contributed by atoms with Gasteiger partial charge in [0, 0.05) is 24.7 Å². The van der Waals surface area contributed by atoms with Gasteiger partial charge in [0.05, 0.1) is 25.3 Å². The fourth-order valence-corrected chi connectivity index (χ4v) is 2.49. The number of aliphatic hydroxyl groups excluding tert-OH is 2. The van der Waals surface area contributed by atoms with Gasteiger partial charge in [-0.25, -0.2) is 14.8 Å². The summed E-state index contributed by atoms with van der Waals surface area (Å²) >= 11 is 0. The Labute approximate surface area is 164 Å². The number of hydrogen-bond acceptors (Lipinski definition) is 8. The number of H-pyrrole nitrogens is 1. The van der Waals surface area contributed by atoms with Crippen molar-refractivity contribution in [2.24, 2.45) is 9.98 Å². The molecule has 3 N–H and O–H groups in total. The van der Waals surface area contributed by atoms with E-state index in [1.165, 1.54) is 10.8 Å². The minimum atomic E-state index is -0.816. The fourth-order valence-electron chi connectivity index (χ4n) is 2.49. The first-order valence-electron chi connectivity index (χ1n) is 9.29. The van der Waals surface area contributed by atoms with Crippen molar-refractivity contribution in [3.63, 3.8) is 0 Å². The molecule has 1 aliphatic heterocycles. The number of ether oxygens (including phenoxy) is 1. The predicted molar refractivity (Wildman–Crippen MR) is 106 cm³/mol. The minimum Gasteiger partial charge on any atom is -0.394 e. The van der Waals surface area contributed by atoms with E-state index in [9.17, 15) is 14.7 Å². The van der Waals surface area contributed by atoms with Crippen LogP contribution in [0.1, 0.15) is 31.6 Å². The Balaban J connectivity index is 0.000000311. The van der Waals surface area contributed by atoms with Gasteiger partial charge in [-0.1, -0.05) is 0 Å². The Kier molecular flexibility index (Phi) is 10.6. The van der Waals surface area contributed by atoms with E-state index in [4.69, 9.17) is 9.84 Å². The summed E-state index contributed by atoms with van der Waals surface area (Å²) in [7, 11) is 4.12. The maximum Gasteiger partial charge on any atom is 0.330 e. The van der Waals surface area contributed by atoms with Crippen LogP contribution in [0.3, 0.4) is 0 Å². The summed E-state index contributed by atoms with van der Waals surface area (Å²) < 4.78 is 6.54. The molecule has 0 spiro atoms. The Hall–Kier alpha value is -2.10. The maximum atomic E-state index is 11.6. The normalized spacial score (nSPS) is 21.0. The molecule has 10 nitrogen and oxygen atoms in total. The Morgan fingerprint density at radius 2 is 2.11 bits per heavy atom. The second-order valence-corrected chi connectivity index (χ2v) is 6.71. The number of hydrogen-bond donors (Lipinski definition) is 3. The van der Waals surface area contributed by atoms with E-state index in [1.54, 1.807) is 6.92 Å². The molecule has 1 fully saturated rings. The summed E-state index contributed by atoms with van der Waals surface area (Å²) in [6.45, 7) is 5.93. The lowest BCUT2D eigenvalue weighted by atomic mass is 10.2. The van der Waals surface area contributed by atoms with Gasteiger partial charge in [0.2, 0.25) is 0 Å². The van der Waals surface area contributed by atoms with Crippen LogP contribution in [0.25, 0.3) is 0 Å². The maximum absolute atomic E-state index is 11.6. The SMILES string of the molecule is CCN=C=NCCCN(C)C.Cc1cn([C@H]2C[C@H](O)[C@@H](CO)O2)c(=O)[nH]c1=O. The third-order valence-corrected chi connectivity index (χ3v) is 4.02. The first-order valence-corrected chi connectivity index (χ1v) is 9.29. The van der Waals surface area contributed by atoms with Crippen molar-refractivity contribution in [3.8, 4) is 0 Å². The Morgan fingerprint density at radius 3 is 2.68 bits per heavy atom. The lowest BCUT2D eigenvalue weighted by molar-refractivity contribution is -0.0459. The van der Waals surface area contributed by atoms with Crippen molar-refractivity contribution >= 4 is 6.01 Å². The van der Waals surface area contributed by atoms with Crippen molar-refractivity contribution < 1.29 is 14.9 Å². The molecule has 0 aliphatic carbocycles. The number of rotatable bonds is 7. The van der Waals surface area contributed by atoms with Crippen molar-refractivity contribution in [2.75, 3.05) is 40.3 Å². The van der Waals surface area contributed by atoms with Crippen molar-refractivity contribution in [1.82, 2.24) is 14.5 Å². The highest BCUT2D eigenvalue weighted by atomic mass is 16.5. The van der Waals surface area contributed by atoms with Gasteiger partial charge in [-0.3, -0.25) is 14.3 Å². The van der Waals surface area contributed by atoms with E-state index >= 15 is 0 Å². The molecule has 0 bridgehead atoms. The van der Waals surface area contributed by atoms with E-state index in [0.717, 1.165) is 26.1 Å². The number of aromatic amines is 1. The van der Waals surface area contributed by atoms with Gasteiger partial charge in [0.15, 0.2) is 0 Å². The van der Waals surface area contributed by atoms with E-state index in [2.05, 4.69) is 40.0 Å². The van der Waals surface area contributed by atoms with Crippen LogP contribution in [-0.4, -0.2) is 83.2 Å². The molecule has 28 heavy (non-hydrogen) atoms. The van der Waals surface area contributed by atoms with Crippen LogP contribution in [0.4, 0.5) is 0 Å². The number of aliphatic hydroxyl groups is 2. The number of aromatic nitrogens is 2. The number of aliphatic imine (C=N–C) groups is 2. The van der Waals surface area contributed by atoms with Crippen molar-refractivity contribution in [2.45, 2.75) is 45.1 Å². The smallest absolute Gasteiger partial charge is 0.330 e. The molecule has 0 aromatic carbocycles. The van der Waals surface area contributed by atoms with Crippen LogP contribution in [0, 0.1) is 6.92 Å². The van der Waals surface area contributed by atoms with Gasteiger partial charge < -0.3 is 19.8 Å². The molecule has 1 aliphatic rings. The summed E-state index contributed by atoms with van der Waals surface area (Å²) in [6, 6.07) is 2.64. The molecule has 0 unspecified atom stereocenters. The number of nitrogens with zero attached hydrogens (tertiary/aromatic N) is 4. The van der Waals surface area contributed by atoms with Gasteiger partial charge in [-0.2, -0.15) is 0 Å². The van der Waals surface area contributed by atoms with Gasteiger partial charge in [0.1, 0.15) is 12.3 Å². The molecular weight excluding hydrogens is 366 g/mol. The largest absolute Gasteiger partial charge is 0.394 e. The highest BCUT2D eigenvalue weighted by molar-refractivity contribution is 5.40. The van der Waals surface area contributed by atoms with Gasteiger partial charge in [-0.15, -0.1) is 0 Å². The van der Waals surface area contributed by atoms with Crippen LogP contribution in [0.5, 0.6) is 0 Å². The molecule has 10 heteroatoms. The predicted octanol–water partition coefficient (Wildman–Crippen LogP) is -0.382. The highest BCUT2D eigenvalue weighted by Crippen LogP contribution is 2.27. The Morgan fingerprint density at radius 1 is 1.39 bits per heavy atom. The third kappa shape index (κ3) is 7.87. The second-order valence-electron chi connectivity index (χ2n) is 6.71. The average molecular weight is 397 g/mol. The summed E-state index contributed by atoms with van der Waals surface area (Å²) in [5.74, 6) is 0. The van der Waals surface area contributed by atoms with E-state index in [-0.39, 0.29) is 13.0 Å². The van der Waals surface area contributed by atoms with Crippen LogP contribution in [0.2, 0.25) is 0 Å². The molecule has 0 saturated carbocycles. The summed E-state index contributed by atoms with van der Waals surface area (Å²) in [6.07, 6.45) is 0.502. The molecule has 1 aromatic heterocycles. The molecule has 0 radical (unpaired) electrons. The summed E-state index contributed by atoms with van der Waals surface area (Å²) in [5, 5.41) is 18.5.